The van der Waals surface area contributed by atoms with Crippen LogP contribution < -0.4 is 5.73 Å². The summed E-state index contributed by atoms with van der Waals surface area (Å²) in [4.78, 5) is 8.99. The van der Waals surface area contributed by atoms with Gasteiger partial charge in [-0.3, -0.25) is 0 Å². The summed E-state index contributed by atoms with van der Waals surface area (Å²) < 4.78 is 0. The van der Waals surface area contributed by atoms with Crippen LogP contribution in [0.25, 0.3) is 0 Å². The van der Waals surface area contributed by atoms with Gasteiger partial charge in [0.25, 0.3) is 0 Å². The predicted octanol–water partition coefficient (Wildman–Crippen LogP) is 3.11. The molecule has 0 aliphatic heterocycles. The van der Waals surface area contributed by atoms with Gasteiger partial charge in [0.05, 0.1) is 5.75 Å². The Morgan fingerprint density at radius 3 is 2.65 bits per heavy atom. The molecule has 4 heteroatoms. The minimum absolute atomic E-state index is 0.652. The van der Waals surface area contributed by atoms with E-state index in [1.165, 1.54) is 25.7 Å². The maximum Gasteiger partial charge on any atom is 0.140 e. The van der Waals surface area contributed by atoms with Gasteiger partial charge in [0.15, 0.2) is 0 Å². The van der Waals surface area contributed by atoms with E-state index in [1.54, 1.807) is 0 Å². The lowest BCUT2D eigenvalue weighted by atomic mass is 10.2. The SMILES string of the molecule is CCc1nc(CSC2CCCC2)nc(N)c1C. The van der Waals surface area contributed by atoms with Crippen LogP contribution in [-0.4, -0.2) is 15.2 Å². The minimum atomic E-state index is 0.652. The van der Waals surface area contributed by atoms with Crippen LogP contribution in [-0.2, 0) is 12.2 Å². The highest BCUT2D eigenvalue weighted by Crippen LogP contribution is 2.31. The number of aromatic nitrogens is 2. The van der Waals surface area contributed by atoms with Crippen LogP contribution in [0.5, 0.6) is 0 Å². The van der Waals surface area contributed by atoms with Gasteiger partial charge in [-0.25, -0.2) is 9.97 Å². The van der Waals surface area contributed by atoms with Crippen molar-refractivity contribution in [3.63, 3.8) is 0 Å². The molecule has 3 nitrogen and oxygen atoms in total. The van der Waals surface area contributed by atoms with E-state index in [0.717, 1.165) is 34.5 Å². The van der Waals surface area contributed by atoms with E-state index in [2.05, 4.69) is 16.9 Å². The Kier molecular flexibility index (Phi) is 4.26. The fourth-order valence-corrected chi connectivity index (χ4v) is 3.47. The first kappa shape index (κ1) is 12.7. The zero-order valence-corrected chi connectivity index (χ0v) is 11.5. The molecule has 2 N–H and O–H groups in total. The van der Waals surface area contributed by atoms with Crippen molar-refractivity contribution in [1.29, 1.82) is 0 Å². The molecule has 0 bridgehead atoms. The van der Waals surface area contributed by atoms with E-state index in [9.17, 15) is 0 Å². The van der Waals surface area contributed by atoms with Crippen molar-refractivity contribution in [3.05, 3.63) is 17.1 Å². The van der Waals surface area contributed by atoms with Crippen molar-refractivity contribution >= 4 is 17.6 Å². The molecule has 0 atom stereocenters. The second kappa shape index (κ2) is 5.71. The van der Waals surface area contributed by atoms with Gasteiger partial charge in [-0.05, 0) is 26.2 Å². The van der Waals surface area contributed by atoms with Gasteiger partial charge < -0.3 is 5.73 Å². The topological polar surface area (TPSA) is 51.8 Å². The molecular formula is C13H21N3S. The summed E-state index contributed by atoms with van der Waals surface area (Å²) in [6.07, 6.45) is 6.41. The summed E-state index contributed by atoms with van der Waals surface area (Å²) in [6, 6.07) is 0. The minimum Gasteiger partial charge on any atom is -0.383 e. The average molecular weight is 251 g/mol. The van der Waals surface area contributed by atoms with Gasteiger partial charge in [-0.1, -0.05) is 19.8 Å². The molecule has 1 saturated carbocycles. The lowest BCUT2D eigenvalue weighted by molar-refractivity contribution is 0.886. The van der Waals surface area contributed by atoms with Crippen LogP contribution in [0.2, 0.25) is 0 Å². The van der Waals surface area contributed by atoms with Crippen LogP contribution in [0, 0.1) is 6.92 Å². The summed E-state index contributed by atoms with van der Waals surface area (Å²) >= 11 is 1.99. The molecule has 0 aromatic carbocycles. The molecule has 0 radical (unpaired) electrons. The number of nitrogens with zero attached hydrogens (tertiary/aromatic N) is 2. The zero-order valence-electron chi connectivity index (χ0n) is 10.7. The molecule has 0 unspecified atom stereocenters. The lowest BCUT2D eigenvalue weighted by Gasteiger charge is -2.10. The molecule has 1 aliphatic carbocycles. The van der Waals surface area contributed by atoms with Gasteiger partial charge in [-0.2, -0.15) is 11.8 Å². The molecule has 17 heavy (non-hydrogen) atoms. The Bertz CT molecular complexity index is 386. The number of aryl methyl sites for hydroxylation is 1. The smallest absolute Gasteiger partial charge is 0.140 e. The summed E-state index contributed by atoms with van der Waals surface area (Å²) in [5.74, 6) is 2.46. The number of rotatable bonds is 4. The van der Waals surface area contributed by atoms with Gasteiger partial charge in [0, 0.05) is 16.5 Å². The molecule has 1 aromatic heterocycles. The van der Waals surface area contributed by atoms with Crippen LogP contribution in [0.3, 0.4) is 0 Å². The molecular weight excluding hydrogens is 230 g/mol. The van der Waals surface area contributed by atoms with Crippen molar-refractivity contribution in [3.8, 4) is 0 Å². The Labute approximate surface area is 108 Å². The second-order valence-electron chi connectivity index (χ2n) is 4.67. The lowest BCUT2D eigenvalue weighted by Crippen LogP contribution is -2.07. The standard InChI is InChI=1S/C13H21N3S/c1-3-11-9(2)13(14)16-12(15-11)8-17-10-6-4-5-7-10/h10H,3-8H2,1-2H3,(H2,14,15,16). The van der Waals surface area contributed by atoms with Crippen molar-refractivity contribution in [2.75, 3.05) is 5.73 Å². The van der Waals surface area contributed by atoms with Crippen LogP contribution in [0.1, 0.15) is 49.7 Å². The highest BCUT2D eigenvalue weighted by Gasteiger charge is 2.16. The van der Waals surface area contributed by atoms with Crippen molar-refractivity contribution in [1.82, 2.24) is 9.97 Å². The van der Waals surface area contributed by atoms with E-state index in [4.69, 9.17) is 5.73 Å². The molecule has 1 fully saturated rings. The third-order valence-electron chi connectivity index (χ3n) is 3.42. The maximum atomic E-state index is 5.92. The highest BCUT2D eigenvalue weighted by atomic mass is 32.2. The summed E-state index contributed by atoms with van der Waals surface area (Å²) in [7, 11) is 0. The normalized spacial score (nSPS) is 16.6. The van der Waals surface area contributed by atoms with Gasteiger partial charge in [0.1, 0.15) is 11.6 Å². The Morgan fingerprint density at radius 1 is 1.29 bits per heavy atom. The van der Waals surface area contributed by atoms with E-state index in [0.29, 0.717) is 5.82 Å². The number of nitrogen functional groups attached to an aromatic ring is 1. The molecule has 1 aromatic rings. The molecule has 1 heterocycles. The van der Waals surface area contributed by atoms with Crippen molar-refractivity contribution < 1.29 is 0 Å². The molecule has 0 spiro atoms. The summed E-state index contributed by atoms with van der Waals surface area (Å²) in [5.41, 5.74) is 8.06. The first-order valence-corrected chi connectivity index (χ1v) is 7.49. The molecule has 2 rings (SSSR count). The van der Waals surface area contributed by atoms with E-state index < -0.39 is 0 Å². The van der Waals surface area contributed by atoms with E-state index >= 15 is 0 Å². The Morgan fingerprint density at radius 2 is 2.00 bits per heavy atom. The largest absolute Gasteiger partial charge is 0.383 e. The zero-order chi connectivity index (χ0) is 12.3. The van der Waals surface area contributed by atoms with Crippen molar-refractivity contribution in [2.24, 2.45) is 0 Å². The quantitative estimate of drug-likeness (QED) is 0.893. The Hall–Kier alpha value is -0.770. The third-order valence-corrected chi connectivity index (χ3v) is 4.78. The van der Waals surface area contributed by atoms with Crippen LogP contribution in [0.4, 0.5) is 5.82 Å². The monoisotopic (exact) mass is 251 g/mol. The molecule has 0 saturated heterocycles. The highest BCUT2D eigenvalue weighted by molar-refractivity contribution is 7.99. The predicted molar refractivity (Wildman–Crippen MR) is 74.1 cm³/mol. The molecule has 0 amide bonds. The van der Waals surface area contributed by atoms with Gasteiger partial charge in [0.2, 0.25) is 0 Å². The van der Waals surface area contributed by atoms with Crippen LogP contribution in [0.15, 0.2) is 0 Å². The van der Waals surface area contributed by atoms with E-state index in [-0.39, 0.29) is 0 Å². The summed E-state index contributed by atoms with van der Waals surface area (Å²) in [6.45, 7) is 4.12. The summed E-state index contributed by atoms with van der Waals surface area (Å²) in [5, 5.41) is 0.811. The number of anilines is 1. The number of thioether (sulfide) groups is 1. The second-order valence-corrected chi connectivity index (χ2v) is 5.96. The number of nitrogens with two attached hydrogens (primary N) is 1. The van der Waals surface area contributed by atoms with Crippen LogP contribution >= 0.6 is 11.8 Å². The average Bonchev–Trinajstić information content (AvgIpc) is 2.83. The van der Waals surface area contributed by atoms with E-state index in [1.807, 2.05) is 18.7 Å². The van der Waals surface area contributed by atoms with Crippen molar-refractivity contribution in [2.45, 2.75) is 57.0 Å². The first-order valence-electron chi connectivity index (χ1n) is 6.44. The molecule has 94 valence electrons. The fraction of sp³-hybridized carbons (Fsp3) is 0.692. The number of hydrogen-bond donors (Lipinski definition) is 1. The number of hydrogen-bond acceptors (Lipinski definition) is 4. The molecule has 1 aliphatic rings. The van der Waals surface area contributed by atoms with Gasteiger partial charge >= 0.3 is 0 Å². The van der Waals surface area contributed by atoms with Gasteiger partial charge in [-0.15, -0.1) is 0 Å². The Balaban J connectivity index is 2.02. The third kappa shape index (κ3) is 3.12. The first-order chi connectivity index (χ1) is 8.20. The fourth-order valence-electron chi connectivity index (χ4n) is 2.29. The maximum absolute atomic E-state index is 5.92.